The Labute approximate surface area is 157 Å². The summed E-state index contributed by atoms with van der Waals surface area (Å²) in [6.07, 6.45) is 2.04. The topological polar surface area (TPSA) is 55.4 Å². The Morgan fingerprint density at radius 1 is 1.04 bits per heavy atom. The van der Waals surface area contributed by atoms with E-state index in [1.165, 1.54) is 0 Å². The van der Waals surface area contributed by atoms with Gasteiger partial charge in [-0.2, -0.15) is 0 Å². The maximum absolute atomic E-state index is 12.8. The second-order valence-electron chi connectivity index (χ2n) is 6.81. The summed E-state index contributed by atoms with van der Waals surface area (Å²) < 4.78 is 34.2. The minimum atomic E-state index is -3.61. The van der Waals surface area contributed by atoms with Gasteiger partial charge in [0.15, 0.2) is 0 Å². The van der Waals surface area contributed by atoms with Crippen LogP contribution in [0.1, 0.15) is 63.6 Å². The van der Waals surface area contributed by atoms with Crippen LogP contribution in [0.25, 0.3) is 0 Å². The van der Waals surface area contributed by atoms with Crippen molar-refractivity contribution in [1.82, 2.24) is 4.72 Å². The molecule has 0 aliphatic carbocycles. The molecule has 0 unspecified atom stereocenters. The summed E-state index contributed by atoms with van der Waals surface area (Å²) in [5.74, 6) is 0.942. The lowest BCUT2D eigenvalue weighted by molar-refractivity contribution is 0.305. The largest absolute Gasteiger partial charge is 0.493 e. The Bertz CT molecular complexity index is 801. The SMILES string of the molecule is CCCCOc1ccc(S(=O)(=O)N[C@@H](C)c2ccccc2)cc1C(C)C. The molecule has 0 amide bonds. The molecule has 5 heteroatoms. The average Bonchev–Trinajstić information content (AvgIpc) is 2.62. The molecule has 0 aliphatic heterocycles. The first-order valence-corrected chi connectivity index (χ1v) is 10.7. The van der Waals surface area contributed by atoms with Crippen LogP contribution in [0, 0.1) is 0 Å². The van der Waals surface area contributed by atoms with Gasteiger partial charge in [0.25, 0.3) is 0 Å². The minimum absolute atomic E-state index is 0.174. The van der Waals surface area contributed by atoms with E-state index in [2.05, 4.69) is 11.6 Å². The summed E-state index contributed by atoms with van der Waals surface area (Å²) in [4.78, 5) is 0.270. The predicted molar refractivity (Wildman–Crippen MR) is 106 cm³/mol. The zero-order valence-electron chi connectivity index (χ0n) is 16.0. The highest BCUT2D eigenvalue weighted by molar-refractivity contribution is 7.89. The molecule has 0 radical (unpaired) electrons. The average molecular weight is 376 g/mol. The van der Waals surface area contributed by atoms with Crippen LogP contribution in [0.15, 0.2) is 53.4 Å². The fourth-order valence-corrected chi connectivity index (χ4v) is 3.98. The first-order chi connectivity index (χ1) is 12.3. The molecule has 1 atom stereocenters. The van der Waals surface area contributed by atoms with Crippen molar-refractivity contribution in [2.45, 2.75) is 57.4 Å². The predicted octanol–water partition coefficient (Wildman–Crippen LogP) is 5.03. The molecule has 0 spiro atoms. The molecule has 2 rings (SSSR count). The van der Waals surface area contributed by atoms with Crippen molar-refractivity contribution in [3.63, 3.8) is 0 Å². The quantitative estimate of drug-likeness (QED) is 0.626. The Morgan fingerprint density at radius 2 is 1.73 bits per heavy atom. The summed E-state index contributed by atoms with van der Waals surface area (Å²) in [5.41, 5.74) is 1.84. The van der Waals surface area contributed by atoms with E-state index in [4.69, 9.17) is 4.74 Å². The van der Waals surface area contributed by atoms with E-state index in [0.717, 1.165) is 29.7 Å². The van der Waals surface area contributed by atoms with Gasteiger partial charge in [-0.1, -0.05) is 57.5 Å². The van der Waals surface area contributed by atoms with Crippen molar-refractivity contribution in [1.29, 1.82) is 0 Å². The Morgan fingerprint density at radius 3 is 2.35 bits per heavy atom. The fraction of sp³-hybridized carbons (Fsp3) is 0.429. The minimum Gasteiger partial charge on any atom is -0.493 e. The molecule has 0 heterocycles. The second-order valence-corrected chi connectivity index (χ2v) is 8.52. The fourth-order valence-electron chi connectivity index (χ4n) is 2.71. The maximum atomic E-state index is 12.8. The zero-order chi connectivity index (χ0) is 19.2. The van der Waals surface area contributed by atoms with Gasteiger partial charge in [-0.25, -0.2) is 13.1 Å². The summed E-state index contributed by atoms with van der Waals surface area (Å²) in [6.45, 7) is 8.68. The number of sulfonamides is 1. The van der Waals surface area contributed by atoms with Crippen LogP contribution in [0.5, 0.6) is 5.75 Å². The maximum Gasteiger partial charge on any atom is 0.241 e. The third kappa shape index (κ3) is 5.32. The van der Waals surface area contributed by atoms with Crippen LogP contribution >= 0.6 is 0 Å². The van der Waals surface area contributed by atoms with Gasteiger partial charge in [0, 0.05) is 6.04 Å². The van der Waals surface area contributed by atoms with Crippen LogP contribution < -0.4 is 9.46 Å². The number of hydrogen-bond acceptors (Lipinski definition) is 3. The van der Waals surface area contributed by atoms with E-state index in [-0.39, 0.29) is 16.9 Å². The number of benzene rings is 2. The number of hydrogen-bond donors (Lipinski definition) is 1. The molecule has 0 fully saturated rings. The number of ether oxygens (including phenoxy) is 1. The summed E-state index contributed by atoms with van der Waals surface area (Å²) in [7, 11) is -3.61. The second kappa shape index (κ2) is 9.19. The van der Waals surface area contributed by atoms with E-state index in [9.17, 15) is 8.42 Å². The molecular weight excluding hydrogens is 346 g/mol. The van der Waals surface area contributed by atoms with E-state index < -0.39 is 10.0 Å². The molecule has 2 aromatic carbocycles. The normalized spacial score (nSPS) is 13.0. The Kier molecular flexibility index (Phi) is 7.23. The van der Waals surface area contributed by atoms with E-state index >= 15 is 0 Å². The molecule has 0 saturated heterocycles. The van der Waals surface area contributed by atoms with Gasteiger partial charge in [-0.3, -0.25) is 0 Å². The number of unbranched alkanes of at least 4 members (excludes halogenated alkanes) is 1. The first-order valence-electron chi connectivity index (χ1n) is 9.19. The van der Waals surface area contributed by atoms with Crippen LogP contribution in [-0.4, -0.2) is 15.0 Å². The summed E-state index contributed by atoms with van der Waals surface area (Å²) >= 11 is 0. The number of rotatable bonds is 9. The zero-order valence-corrected chi connectivity index (χ0v) is 16.8. The van der Waals surface area contributed by atoms with Crippen LogP contribution in [0.2, 0.25) is 0 Å². The van der Waals surface area contributed by atoms with Gasteiger partial charge in [0.1, 0.15) is 5.75 Å². The van der Waals surface area contributed by atoms with Gasteiger partial charge < -0.3 is 4.74 Å². The Hall–Kier alpha value is -1.85. The van der Waals surface area contributed by atoms with E-state index in [1.54, 1.807) is 18.2 Å². The third-order valence-electron chi connectivity index (χ3n) is 4.30. The molecule has 4 nitrogen and oxygen atoms in total. The smallest absolute Gasteiger partial charge is 0.241 e. The van der Waals surface area contributed by atoms with Gasteiger partial charge >= 0.3 is 0 Å². The van der Waals surface area contributed by atoms with Gasteiger partial charge in [-0.15, -0.1) is 0 Å². The number of nitrogens with one attached hydrogen (secondary N) is 1. The highest BCUT2D eigenvalue weighted by Crippen LogP contribution is 2.30. The monoisotopic (exact) mass is 375 g/mol. The molecule has 26 heavy (non-hydrogen) atoms. The van der Waals surface area contributed by atoms with Crippen molar-refractivity contribution in [3.8, 4) is 5.75 Å². The van der Waals surface area contributed by atoms with Crippen LogP contribution in [-0.2, 0) is 10.0 Å². The highest BCUT2D eigenvalue weighted by Gasteiger charge is 2.21. The standard InChI is InChI=1S/C21H29NO3S/c1-5-6-14-25-21-13-12-19(15-20(21)16(2)3)26(23,24)22-17(4)18-10-8-7-9-11-18/h7-13,15-17,22H,5-6,14H2,1-4H3/t17-/m0/s1. The van der Waals surface area contributed by atoms with Crippen molar-refractivity contribution in [2.75, 3.05) is 6.61 Å². The molecule has 0 aliphatic rings. The van der Waals surface area contributed by atoms with Crippen molar-refractivity contribution < 1.29 is 13.2 Å². The lowest BCUT2D eigenvalue weighted by Gasteiger charge is -2.18. The van der Waals surface area contributed by atoms with Crippen LogP contribution in [0.4, 0.5) is 0 Å². The molecule has 2 aromatic rings. The molecule has 0 aromatic heterocycles. The molecule has 0 saturated carbocycles. The molecular formula is C21H29NO3S. The summed E-state index contributed by atoms with van der Waals surface area (Å²) in [6, 6.07) is 14.4. The summed E-state index contributed by atoms with van der Waals surface area (Å²) in [5, 5.41) is 0. The van der Waals surface area contributed by atoms with Gasteiger partial charge in [0.2, 0.25) is 10.0 Å². The lowest BCUT2D eigenvalue weighted by atomic mass is 10.0. The highest BCUT2D eigenvalue weighted by atomic mass is 32.2. The van der Waals surface area contributed by atoms with Crippen molar-refractivity contribution in [2.24, 2.45) is 0 Å². The van der Waals surface area contributed by atoms with Crippen molar-refractivity contribution in [3.05, 3.63) is 59.7 Å². The van der Waals surface area contributed by atoms with Gasteiger partial charge in [-0.05, 0) is 48.6 Å². The van der Waals surface area contributed by atoms with Crippen LogP contribution in [0.3, 0.4) is 0 Å². The van der Waals surface area contributed by atoms with E-state index in [0.29, 0.717) is 6.61 Å². The van der Waals surface area contributed by atoms with Crippen molar-refractivity contribution >= 4 is 10.0 Å². The van der Waals surface area contributed by atoms with Gasteiger partial charge in [0.05, 0.1) is 11.5 Å². The third-order valence-corrected chi connectivity index (χ3v) is 5.84. The lowest BCUT2D eigenvalue weighted by Crippen LogP contribution is -2.27. The molecule has 1 N–H and O–H groups in total. The van der Waals surface area contributed by atoms with E-state index in [1.807, 2.05) is 51.1 Å². The Balaban J connectivity index is 2.24. The first kappa shape index (κ1) is 20.5. The molecule has 0 bridgehead atoms. The molecule has 142 valence electrons.